The molecule has 1 amide bonds. The number of ether oxygens (including phenoxy) is 1. The van der Waals surface area contributed by atoms with Gasteiger partial charge in [-0.1, -0.05) is 69.3 Å². The Balaban J connectivity index is 1.73. The maximum atomic E-state index is 11.7. The Kier molecular flexibility index (Phi) is 6.52. The van der Waals surface area contributed by atoms with Gasteiger partial charge in [-0.05, 0) is 34.8 Å². The average Bonchev–Trinajstić information content (AvgIpc) is 2.60. The second-order valence-corrected chi connectivity index (χ2v) is 6.65. The Morgan fingerprint density at radius 1 is 1.08 bits per heavy atom. The number of nitrogens with one attached hydrogen (secondary N) is 1. The molecule has 4 nitrogen and oxygen atoms in total. The van der Waals surface area contributed by atoms with Gasteiger partial charge in [-0.15, -0.1) is 0 Å². The number of hydrogen-bond donors (Lipinski definition) is 1. The summed E-state index contributed by atoms with van der Waals surface area (Å²) in [6, 6.07) is 17.6. The van der Waals surface area contributed by atoms with E-state index in [1.165, 1.54) is 11.8 Å². The van der Waals surface area contributed by atoms with Crippen molar-refractivity contribution in [1.82, 2.24) is 5.43 Å². The predicted octanol–water partition coefficient (Wildman–Crippen LogP) is 4.18. The molecule has 0 saturated carbocycles. The molecule has 0 aromatic heterocycles. The van der Waals surface area contributed by atoms with Gasteiger partial charge in [-0.25, -0.2) is 5.43 Å². The highest BCUT2D eigenvalue weighted by Crippen LogP contribution is 2.24. The van der Waals surface area contributed by atoms with E-state index < -0.39 is 0 Å². The quantitative estimate of drug-likeness (QED) is 0.635. The van der Waals surface area contributed by atoms with Crippen LogP contribution in [0.1, 0.15) is 31.9 Å². The monoisotopic (exact) mass is 336 g/mol. The van der Waals surface area contributed by atoms with E-state index in [1.54, 1.807) is 6.08 Å². The van der Waals surface area contributed by atoms with Crippen LogP contribution in [0.5, 0.6) is 5.75 Å². The number of hydrogen-bond acceptors (Lipinski definition) is 3. The molecule has 0 aliphatic heterocycles. The molecule has 0 radical (unpaired) electrons. The van der Waals surface area contributed by atoms with E-state index in [1.807, 2.05) is 60.7 Å². The fraction of sp³-hybridized carbons (Fsp3) is 0.238. The number of carbonyl (C=O) groups excluding carboxylic acids is 1. The van der Waals surface area contributed by atoms with Gasteiger partial charge < -0.3 is 4.74 Å². The maximum Gasteiger partial charge on any atom is 0.277 e. The summed E-state index contributed by atoms with van der Waals surface area (Å²) in [5.74, 6) is 0.361. The summed E-state index contributed by atoms with van der Waals surface area (Å²) in [4.78, 5) is 11.7. The van der Waals surface area contributed by atoms with Crippen LogP contribution in [0, 0.1) is 0 Å². The van der Waals surface area contributed by atoms with Crippen molar-refractivity contribution in [3.63, 3.8) is 0 Å². The first-order valence-corrected chi connectivity index (χ1v) is 8.22. The van der Waals surface area contributed by atoms with E-state index in [0.717, 1.165) is 5.56 Å². The molecule has 0 spiro atoms. The van der Waals surface area contributed by atoms with Crippen molar-refractivity contribution in [3.8, 4) is 5.75 Å². The van der Waals surface area contributed by atoms with Gasteiger partial charge in [-0.3, -0.25) is 4.79 Å². The van der Waals surface area contributed by atoms with Crippen LogP contribution < -0.4 is 10.2 Å². The minimum atomic E-state index is -0.302. The van der Waals surface area contributed by atoms with Gasteiger partial charge in [0.1, 0.15) is 5.75 Å². The number of nitrogens with zero attached hydrogens (tertiary/aromatic N) is 1. The molecule has 130 valence electrons. The molecular weight excluding hydrogens is 312 g/mol. The first kappa shape index (κ1) is 18.5. The molecule has 0 atom stereocenters. The Labute approximate surface area is 149 Å². The van der Waals surface area contributed by atoms with Crippen LogP contribution in [0.25, 0.3) is 6.08 Å². The third-order valence-corrected chi connectivity index (χ3v) is 3.53. The van der Waals surface area contributed by atoms with E-state index in [2.05, 4.69) is 31.3 Å². The van der Waals surface area contributed by atoms with E-state index in [9.17, 15) is 4.79 Å². The lowest BCUT2D eigenvalue weighted by Crippen LogP contribution is -2.24. The van der Waals surface area contributed by atoms with Crippen LogP contribution in [-0.2, 0) is 10.2 Å². The van der Waals surface area contributed by atoms with Gasteiger partial charge in [0.05, 0.1) is 0 Å². The highest BCUT2D eigenvalue weighted by atomic mass is 16.5. The lowest BCUT2D eigenvalue weighted by Gasteiger charge is -2.19. The summed E-state index contributed by atoms with van der Waals surface area (Å²) >= 11 is 0. The van der Waals surface area contributed by atoms with Crippen LogP contribution >= 0.6 is 0 Å². The SMILES string of the molecule is CC(C)(C)c1ccc(OCC(=O)NN=CC=Cc2ccccc2)cc1. The predicted molar refractivity (Wildman–Crippen MR) is 103 cm³/mol. The van der Waals surface area contributed by atoms with Crippen molar-refractivity contribution >= 4 is 18.2 Å². The lowest BCUT2D eigenvalue weighted by molar-refractivity contribution is -0.123. The molecule has 0 aliphatic carbocycles. The van der Waals surface area contributed by atoms with Crippen molar-refractivity contribution < 1.29 is 9.53 Å². The normalized spacial score (nSPS) is 11.8. The topological polar surface area (TPSA) is 50.7 Å². The largest absolute Gasteiger partial charge is 0.484 e. The number of allylic oxidation sites excluding steroid dienone is 1. The number of amides is 1. The van der Waals surface area contributed by atoms with Crippen LogP contribution in [0.4, 0.5) is 0 Å². The zero-order valence-corrected chi connectivity index (χ0v) is 14.9. The molecule has 4 heteroatoms. The fourth-order valence-electron chi connectivity index (χ4n) is 2.10. The van der Waals surface area contributed by atoms with Crippen molar-refractivity contribution in [2.45, 2.75) is 26.2 Å². The maximum absolute atomic E-state index is 11.7. The summed E-state index contributed by atoms with van der Waals surface area (Å²) in [6.45, 7) is 6.39. The molecule has 2 aromatic rings. The van der Waals surface area contributed by atoms with Gasteiger partial charge in [0.25, 0.3) is 5.91 Å². The van der Waals surface area contributed by atoms with Gasteiger partial charge in [0, 0.05) is 6.21 Å². The third-order valence-electron chi connectivity index (χ3n) is 3.53. The Morgan fingerprint density at radius 3 is 2.40 bits per heavy atom. The summed E-state index contributed by atoms with van der Waals surface area (Å²) in [5.41, 5.74) is 4.82. The van der Waals surface area contributed by atoms with Crippen molar-refractivity contribution in [3.05, 3.63) is 71.8 Å². The molecule has 0 saturated heterocycles. The van der Waals surface area contributed by atoms with Gasteiger partial charge in [0.2, 0.25) is 0 Å². The zero-order valence-electron chi connectivity index (χ0n) is 14.9. The van der Waals surface area contributed by atoms with Gasteiger partial charge in [0.15, 0.2) is 6.61 Å². The van der Waals surface area contributed by atoms with Crippen LogP contribution in [0.3, 0.4) is 0 Å². The summed E-state index contributed by atoms with van der Waals surface area (Å²) in [7, 11) is 0. The molecule has 0 heterocycles. The molecule has 25 heavy (non-hydrogen) atoms. The molecule has 0 aliphatic rings. The zero-order chi connectivity index (χ0) is 18.1. The minimum absolute atomic E-state index is 0.0748. The molecule has 0 bridgehead atoms. The molecule has 0 unspecified atom stereocenters. The summed E-state index contributed by atoms with van der Waals surface area (Å²) in [5, 5.41) is 3.85. The molecule has 0 fully saturated rings. The number of carbonyl (C=O) groups is 1. The number of benzene rings is 2. The van der Waals surface area contributed by atoms with E-state index >= 15 is 0 Å². The van der Waals surface area contributed by atoms with Crippen LogP contribution in [0.2, 0.25) is 0 Å². The number of hydrazone groups is 1. The Bertz CT molecular complexity index is 727. The van der Waals surface area contributed by atoms with Crippen molar-refractivity contribution in [2.75, 3.05) is 6.61 Å². The standard InChI is InChI=1S/C21H24N2O2/c1-21(2,3)18-11-13-19(14-12-18)25-16-20(24)23-22-15-7-10-17-8-5-4-6-9-17/h4-15H,16H2,1-3H3,(H,23,24). The average molecular weight is 336 g/mol. The first-order chi connectivity index (χ1) is 11.9. The third kappa shape index (κ3) is 6.63. The Hall–Kier alpha value is -2.88. The van der Waals surface area contributed by atoms with Gasteiger partial charge >= 0.3 is 0 Å². The van der Waals surface area contributed by atoms with Crippen LogP contribution in [0.15, 0.2) is 65.8 Å². The van der Waals surface area contributed by atoms with Gasteiger partial charge in [-0.2, -0.15) is 5.10 Å². The lowest BCUT2D eigenvalue weighted by atomic mass is 9.87. The number of rotatable bonds is 6. The molecular formula is C21H24N2O2. The van der Waals surface area contributed by atoms with E-state index in [0.29, 0.717) is 5.75 Å². The first-order valence-electron chi connectivity index (χ1n) is 8.22. The fourth-order valence-corrected chi connectivity index (χ4v) is 2.10. The second kappa shape index (κ2) is 8.83. The second-order valence-electron chi connectivity index (χ2n) is 6.65. The molecule has 2 aromatic carbocycles. The van der Waals surface area contributed by atoms with Crippen LogP contribution in [-0.4, -0.2) is 18.7 Å². The highest BCUT2D eigenvalue weighted by Gasteiger charge is 2.13. The van der Waals surface area contributed by atoms with Crippen molar-refractivity contribution in [1.29, 1.82) is 0 Å². The highest BCUT2D eigenvalue weighted by molar-refractivity contribution is 5.81. The summed E-state index contributed by atoms with van der Waals surface area (Å²) < 4.78 is 5.46. The van der Waals surface area contributed by atoms with E-state index in [4.69, 9.17) is 4.74 Å². The smallest absolute Gasteiger partial charge is 0.277 e. The Morgan fingerprint density at radius 2 is 1.76 bits per heavy atom. The molecule has 1 N–H and O–H groups in total. The van der Waals surface area contributed by atoms with Crippen molar-refractivity contribution in [2.24, 2.45) is 5.10 Å². The molecule has 2 rings (SSSR count). The summed E-state index contributed by atoms with van der Waals surface area (Å²) in [6.07, 6.45) is 5.20. The minimum Gasteiger partial charge on any atom is -0.484 e. The van der Waals surface area contributed by atoms with E-state index in [-0.39, 0.29) is 17.9 Å².